The molecule has 2 N–H and O–H groups in total. The summed E-state index contributed by atoms with van der Waals surface area (Å²) < 4.78 is 13.6. The van der Waals surface area contributed by atoms with Crippen LogP contribution in [0.25, 0.3) is 0 Å². The topological polar surface area (TPSA) is 46.3 Å². The van der Waals surface area contributed by atoms with Crippen LogP contribution in [0, 0.1) is 11.7 Å². The van der Waals surface area contributed by atoms with Crippen LogP contribution in [0.15, 0.2) is 22.7 Å². The Morgan fingerprint density at radius 2 is 2.25 bits per heavy atom. The van der Waals surface area contributed by atoms with Crippen LogP contribution in [-0.4, -0.2) is 29.9 Å². The zero-order valence-electron chi connectivity index (χ0n) is 11.3. The normalized spacial score (nSPS) is 22.3. The van der Waals surface area contributed by atoms with Gasteiger partial charge in [-0.3, -0.25) is 4.79 Å². The quantitative estimate of drug-likeness (QED) is 0.875. The van der Waals surface area contributed by atoms with Crippen LogP contribution in [0.1, 0.15) is 30.1 Å². The largest absolute Gasteiger partial charge is 0.334 e. The molecule has 0 bridgehead atoms. The number of piperidine rings is 1. The lowest BCUT2D eigenvalue weighted by molar-refractivity contribution is 0.0531. The highest BCUT2D eigenvalue weighted by molar-refractivity contribution is 9.10. The third kappa shape index (κ3) is 3.51. The first-order valence-electron chi connectivity index (χ1n) is 6.50. The maximum absolute atomic E-state index is 13.1. The number of nitrogens with zero attached hydrogens (tertiary/aromatic N) is 1. The van der Waals surface area contributed by atoms with Gasteiger partial charge in [0.05, 0.1) is 5.56 Å². The van der Waals surface area contributed by atoms with Crippen LogP contribution in [-0.2, 0) is 0 Å². The lowest BCUT2D eigenvalue weighted by atomic mass is 9.90. The predicted octanol–water partition coefficient (Wildman–Crippen LogP) is 3.21. The van der Waals surface area contributed by atoms with Gasteiger partial charge in [-0.2, -0.15) is 0 Å². The summed E-state index contributed by atoms with van der Waals surface area (Å²) in [6.45, 7) is 3.30. The number of hydrogen-bond acceptors (Lipinski definition) is 2. The van der Waals surface area contributed by atoms with Crippen molar-refractivity contribution < 1.29 is 9.18 Å². The van der Waals surface area contributed by atoms with Crippen molar-refractivity contribution in [1.82, 2.24) is 4.90 Å². The third-order valence-corrected chi connectivity index (χ3v) is 4.44. The maximum Gasteiger partial charge on any atom is 0.255 e. The van der Waals surface area contributed by atoms with Gasteiger partial charge in [0.1, 0.15) is 5.82 Å². The average Bonchev–Trinajstić information content (AvgIpc) is 2.37. The molecule has 1 amide bonds. The molecule has 1 fully saturated rings. The van der Waals surface area contributed by atoms with E-state index in [4.69, 9.17) is 5.73 Å². The second kappa shape index (κ2) is 7.38. The van der Waals surface area contributed by atoms with Crippen molar-refractivity contribution >= 4 is 34.2 Å². The number of rotatable bonds is 2. The van der Waals surface area contributed by atoms with Crippen LogP contribution < -0.4 is 5.73 Å². The van der Waals surface area contributed by atoms with Gasteiger partial charge in [-0.25, -0.2) is 4.39 Å². The van der Waals surface area contributed by atoms with E-state index >= 15 is 0 Å². The molecule has 1 aliphatic heterocycles. The lowest BCUT2D eigenvalue weighted by Gasteiger charge is -2.39. The van der Waals surface area contributed by atoms with Crippen LogP contribution in [0.3, 0.4) is 0 Å². The van der Waals surface area contributed by atoms with Crippen molar-refractivity contribution in [3.8, 4) is 0 Å². The second-order valence-electron chi connectivity index (χ2n) is 5.05. The number of benzene rings is 1. The van der Waals surface area contributed by atoms with E-state index < -0.39 is 0 Å². The van der Waals surface area contributed by atoms with Crippen LogP contribution in [0.5, 0.6) is 0 Å². The van der Waals surface area contributed by atoms with Gasteiger partial charge in [0.25, 0.3) is 5.91 Å². The zero-order valence-corrected chi connectivity index (χ0v) is 13.7. The van der Waals surface area contributed by atoms with Gasteiger partial charge in [0.2, 0.25) is 0 Å². The highest BCUT2D eigenvalue weighted by Gasteiger charge is 2.31. The Balaban J connectivity index is 0.00000200. The number of likely N-dealkylation sites (tertiary alicyclic amines) is 1. The van der Waals surface area contributed by atoms with Crippen molar-refractivity contribution in [3.05, 3.63) is 34.1 Å². The maximum atomic E-state index is 13.1. The fourth-order valence-corrected chi connectivity index (χ4v) is 3.20. The van der Waals surface area contributed by atoms with Crippen molar-refractivity contribution in [2.75, 3.05) is 13.1 Å². The SMILES string of the molecule is CC1CCCN(C(=O)c2ccc(F)cc2Br)C1CN.Cl. The van der Waals surface area contributed by atoms with E-state index in [1.165, 1.54) is 18.2 Å². The van der Waals surface area contributed by atoms with E-state index in [9.17, 15) is 9.18 Å². The summed E-state index contributed by atoms with van der Waals surface area (Å²) in [6.07, 6.45) is 2.08. The Kier molecular flexibility index (Phi) is 6.43. The standard InChI is InChI=1S/C14H18BrFN2O.ClH/c1-9-3-2-6-18(13(9)8-17)14(19)11-5-4-10(16)7-12(11)15;/h4-5,7,9,13H,2-3,6,8,17H2,1H3;1H. The molecule has 1 saturated heterocycles. The summed E-state index contributed by atoms with van der Waals surface area (Å²) in [6, 6.07) is 4.22. The first-order valence-corrected chi connectivity index (χ1v) is 7.30. The molecule has 6 heteroatoms. The minimum absolute atomic E-state index is 0. The molecule has 2 unspecified atom stereocenters. The van der Waals surface area contributed by atoms with Gasteiger partial charge in [-0.1, -0.05) is 6.92 Å². The third-order valence-electron chi connectivity index (χ3n) is 3.78. The summed E-state index contributed by atoms with van der Waals surface area (Å²) in [5.41, 5.74) is 6.29. The molecule has 2 rings (SSSR count). The number of nitrogens with two attached hydrogens (primary N) is 1. The Morgan fingerprint density at radius 3 is 2.85 bits per heavy atom. The molecule has 1 aromatic carbocycles. The van der Waals surface area contributed by atoms with E-state index in [-0.39, 0.29) is 30.2 Å². The molecule has 0 saturated carbocycles. The number of carbonyl (C=O) groups excluding carboxylic acids is 1. The highest BCUT2D eigenvalue weighted by Crippen LogP contribution is 2.27. The lowest BCUT2D eigenvalue weighted by Crippen LogP contribution is -2.51. The van der Waals surface area contributed by atoms with E-state index in [0.29, 0.717) is 22.5 Å². The van der Waals surface area contributed by atoms with E-state index in [2.05, 4.69) is 22.9 Å². The van der Waals surface area contributed by atoms with Gasteiger partial charge in [0.15, 0.2) is 0 Å². The Hall–Kier alpha value is -0.650. The van der Waals surface area contributed by atoms with Crippen molar-refractivity contribution in [3.63, 3.8) is 0 Å². The van der Waals surface area contributed by atoms with Gasteiger partial charge in [0, 0.05) is 23.6 Å². The second-order valence-corrected chi connectivity index (χ2v) is 5.90. The van der Waals surface area contributed by atoms with E-state index in [0.717, 1.165) is 19.4 Å². The molecule has 1 aliphatic rings. The Bertz CT molecular complexity index is 486. The van der Waals surface area contributed by atoms with Crippen molar-refractivity contribution in [1.29, 1.82) is 0 Å². The molecule has 0 radical (unpaired) electrons. The summed E-state index contributed by atoms with van der Waals surface area (Å²) in [5, 5.41) is 0. The minimum Gasteiger partial charge on any atom is -0.334 e. The molecule has 0 aliphatic carbocycles. The highest BCUT2D eigenvalue weighted by atomic mass is 79.9. The molecule has 0 aromatic heterocycles. The molecule has 1 aromatic rings. The van der Waals surface area contributed by atoms with Crippen LogP contribution >= 0.6 is 28.3 Å². The smallest absolute Gasteiger partial charge is 0.255 e. The molecule has 2 atom stereocenters. The summed E-state index contributed by atoms with van der Waals surface area (Å²) in [7, 11) is 0. The summed E-state index contributed by atoms with van der Waals surface area (Å²) in [5.74, 6) is -0.0263. The molecule has 3 nitrogen and oxygen atoms in total. The monoisotopic (exact) mass is 364 g/mol. The Morgan fingerprint density at radius 1 is 1.55 bits per heavy atom. The first-order chi connectivity index (χ1) is 9.04. The minimum atomic E-state index is -0.356. The zero-order chi connectivity index (χ0) is 14.0. The fourth-order valence-electron chi connectivity index (χ4n) is 2.68. The molecule has 1 heterocycles. The van der Waals surface area contributed by atoms with E-state index in [1.807, 2.05) is 4.90 Å². The number of hydrogen-bond donors (Lipinski definition) is 1. The molecule has 112 valence electrons. The van der Waals surface area contributed by atoms with Gasteiger partial charge >= 0.3 is 0 Å². The molecule has 20 heavy (non-hydrogen) atoms. The fraction of sp³-hybridized carbons (Fsp3) is 0.500. The predicted molar refractivity (Wildman–Crippen MR) is 83.6 cm³/mol. The van der Waals surface area contributed by atoms with Gasteiger partial charge in [-0.05, 0) is 52.9 Å². The van der Waals surface area contributed by atoms with Crippen LogP contribution in [0.4, 0.5) is 4.39 Å². The Labute approximate surface area is 133 Å². The van der Waals surface area contributed by atoms with Gasteiger partial charge in [-0.15, -0.1) is 12.4 Å². The average molecular weight is 366 g/mol. The van der Waals surface area contributed by atoms with Crippen LogP contribution in [0.2, 0.25) is 0 Å². The van der Waals surface area contributed by atoms with Gasteiger partial charge < -0.3 is 10.6 Å². The summed E-state index contributed by atoms with van der Waals surface area (Å²) >= 11 is 3.25. The number of amides is 1. The molecular weight excluding hydrogens is 347 g/mol. The van der Waals surface area contributed by atoms with E-state index in [1.54, 1.807) is 0 Å². The first kappa shape index (κ1) is 17.4. The molecular formula is C14H19BrClFN2O. The summed E-state index contributed by atoms with van der Waals surface area (Å²) in [4.78, 5) is 14.4. The number of carbonyl (C=O) groups is 1. The van der Waals surface area contributed by atoms with Crippen molar-refractivity contribution in [2.45, 2.75) is 25.8 Å². The molecule has 0 spiro atoms. The number of halogens is 3. The van der Waals surface area contributed by atoms with Crippen molar-refractivity contribution in [2.24, 2.45) is 11.7 Å².